The molecule has 0 aliphatic carbocycles. The van der Waals surface area contributed by atoms with Gasteiger partial charge in [-0.2, -0.15) is 4.31 Å². The third-order valence-corrected chi connectivity index (χ3v) is 5.17. The van der Waals surface area contributed by atoms with Gasteiger partial charge in [0, 0.05) is 26.2 Å². The Morgan fingerprint density at radius 3 is 2.30 bits per heavy atom. The van der Waals surface area contributed by atoms with Gasteiger partial charge in [-0.25, -0.2) is 13.2 Å². The zero-order valence-corrected chi connectivity index (χ0v) is 15.6. The SMILES string of the molecule is CS(=O)(=O)N1CCN(C(=O)COC(=O)c2ccccc2OCC(N)=O)CC1. The summed E-state index contributed by atoms with van der Waals surface area (Å²) in [4.78, 5) is 36.6. The first-order chi connectivity index (χ1) is 12.7. The van der Waals surface area contributed by atoms with Gasteiger partial charge in [0.15, 0.2) is 13.2 Å². The molecular weight excluding hydrogens is 378 g/mol. The van der Waals surface area contributed by atoms with Gasteiger partial charge in [-0.05, 0) is 12.1 Å². The van der Waals surface area contributed by atoms with Gasteiger partial charge in [-0.1, -0.05) is 12.1 Å². The quantitative estimate of drug-likeness (QED) is 0.569. The molecular formula is C16H21N3O7S. The van der Waals surface area contributed by atoms with Crippen LogP contribution in [-0.2, 0) is 24.3 Å². The van der Waals surface area contributed by atoms with Crippen molar-refractivity contribution in [2.24, 2.45) is 5.73 Å². The Morgan fingerprint density at radius 2 is 1.70 bits per heavy atom. The van der Waals surface area contributed by atoms with E-state index in [4.69, 9.17) is 15.2 Å². The molecule has 0 spiro atoms. The van der Waals surface area contributed by atoms with Crippen LogP contribution in [0.3, 0.4) is 0 Å². The van der Waals surface area contributed by atoms with Crippen LogP contribution in [0, 0.1) is 0 Å². The lowest BCUT2D eigenvalue weighted by atomic mass is 10.2. The molecule has 0 radical (unpaired) electrons. The van der Waals surface area contributed by atoms with E-state index in [1.807, 2.05) is 0 Å². The number of primary amides is 1. The Morgan fingerprint density at radius 1 is 1.07 bits per heavy atom. The molecule has 1 aliphatic rings. The van der Waals surface area contributed by atoms with Crippen LogP contribution in [0.15, 0.2) is 24.3 Å². The molecule has 2 amide bonds. The predicted molar refractivity (Wildman–Crippen MR) is 94.4 cm³/mol. The van der Waals surface area contributed by atoms with Crippen LogP contribution in [0.25, 0.3) is 0 Å². The number of nitrogens with zero attached hydrogens (tertiary/aromatic N) is 2. The summed E-state index contributed by atoms with van der Waals surface area (Å²) in [5.74, 6) is -1.78. The van der Waals surface area contributed by atoms with Crippen molar-refractivity contribution in [1.29, 1.82) is 0 Å². The number of nitrogens with two attached hydrogens (primary N) is 1. The summed E-state index contributed by atoms with van der Waals surface area (Å²) in [5.41, 5.74) is 5.08. The van der Waals surface area contributed by atoms with Gasteiger partial charge in [0.25, 0.3) is 11.8 Å². The van der Waals surface area contributed by atoms with E-state index in [-0.39, 0.29) is 37.5 Å². The number of hydrogen-bond acceptors (Lipinski definition) is 7. The van der Waals surface area contributed by atoms with E-state index in [1.165, 1.54) is 21.3 Å². The standard InChI is InChI=1S/C16H21N3O7S/c1-27(23,24)19-8-6-18(7-9-19)15(21)11-26-16(22)12-4-2-3-5-13(12)25-10-14(17)20/h2-5H,6-11H2,1H3,(H2,17,20). The van der Waals surface area contributed by atoms with E-state index in [1.54, 1.807) is 12.1 Å². The molecule has 1 fully saturated rings. The van der Waals surface area contributed by atoms with Crippen LogP contribution in [0.4, 0.5) is 0 Å². The number of amides is 2. The van der Waals surface area contributed by atoms with Gasteiger partial charge in [0.05, 0.1) is 6.26 Å². The Balaban J connectivity index is 1.89. The third kappa shape index (κ3) is 5.93. The third-order valence-electron chi connectivity index (χ3n) is 3.86. The van der Waals surface area contributed by atoms with Crippen molar-refractivity contribution in [3.8, 4) is 5.75 Å². The topological polar surface area (TPSA) is 136 Å². The van der Waals surface area contributed by atoms with Crippen molar-refractivity contribution in [3.05, 3.63) is 29.8 Å². The molecule has 0 bridgehead atoms. The monoisotopic (exact) mass is 399 g/mol. The summed E-state index contributed by atoms with van der Waals surface area (Å²) in [6.07, 6.45) is 1.12. The number of sulfonamides is 1. The zero-order chi connectivity index (χ0) is 20.0. The van der Waals surface area contributed by atoms with Gasteiger partial charge in [0.1, 0.15) is 11.3 Å². The zero-order valence-electron chi connectivity index (χ0n) is 14.8. The highest BCUT2D eigenvalue weighted by Gasteiger charge is 2.26. The van der Waals surface area contributed by atoms with E-state index in [0.717, 1.165) is 6.26 Å². The van der Waals surface area contributed by atoms with Gasteiger partial charge in [-0.15, -0.1) is 0 Å². The van der Waals surface area contributed by atoms with E-state index in [9.17, 15) is 22.8 Å². The van der Waals surface area contributed by atoms with Gasteiger partial charge in [-0.3, -0.25) is 9.59 Å². The number of rotatable bonds is 7. The van der Waals surface area contributed by atoms with Crippen LogP contribution in [0.5, 0.6) is 5.75 Å². The fourth-order valence-electron chi connectivity index (χ4n) is 2.48. The lowest BCUT2D eigenvalue weighted by molar-refractivity contribution is -0.135. The lowest BCUT2D eigenvalue weighted by Crippen LogP contribution is -2.51. The molecule has 1 aromatic rings. The summed E-state index contributed by atoms with van der Waals surface area (Å²) in [7, 11) is -3.29. The Labute approximate surface area is 156 Å². The number of hydrogen-bond donors (Lipinski definition) is 1. The lowest BCUT2D eigenvalue weighted by Gasteiger charge is -2.33. The minimum Gasteiger partial charge on any atom is -0.483 e. The number of carbonyl (C=O) groups excluding carboxylic acids is 3. The summed E-state index contributed by atoms with van der Waals surface area (Å²) in [6, 6.07) is 6.11. The van der Waals surface area contributed by atoms with E-state index < -0.39 is 41.0 Å². The molecule has 1 saturated heterocycles. The number of ether oxygens (including phenoxy) is 2. The van der Waals surface area contributed by atoms with Gasteiger partial charge in [0.2, 0.25) is 10.0 Å². The number of esters is 1. The second-order valence-corrected chi connectivity index (χ2v) is 7.85. The first-order valence-electron chi connectivity index (χ1n) is 8.08. The van der Waals surface area contributed by atoms with Gasteiger partial charge >= 0.3 is 5.97 Å². The number of benzene rings is 1. The van der Waals surface area contributed by atoms with Crippen LogP contribution in [0.2, 0.25) is 0 Å². The molecule has 0 aromatic heterocycles. The minimum atomic E-state index is -3.29. The first kappa shape index (κ1) is 20.6. The van der Waals surface area contributed by atoms with Crippen molar-refractivity contribution in [1.82, 2.24) is 9.21 Å². The molecule has 27 heavy (non-hydrogen) atoms. The summed E-state index contributed by atoms with van der Waals surface area (Å²) >= 11 is 0. The van der Waals surface area contributed by atoms with E-state index >= 15 is 0 Å². The van der Waals surface area contributed by atoms with Crippen molar-refractivity contribution >= 4 is 27.8 Å². The summed E-state index contributed by atoms with van der Waals surface area (Å²) < 4.78 is 34.4. The number of piperazine rings is 1. The van der Waals surface area contributed by atoms with Crippen molar-refractivity contribution in [2.45, 2.75) is 0 Å². The second kappa shape index (κ2) is 8.82. The molecule has 2 rings (SSSR count). The Bertz CT molecular complexity index is 817. The average molecular weight is 399 g/mol. The van der Waals surface area contributed by atoms with Crippen LogP contribution < -0.4 is 10.5 Å². The molecule has 1 heterocycles. The highest BCUT2D eigenvalue weighted by molar-refractivity contribution is 7.88. The van der Waals surface area contributed by atoms with Crippen molar-refractivity contribution in [3.63, 3.8) is 0 Å². The fourth-order valence-corrected chi connectivity index (χ4v) is 3.30. The van der Waals surface area contributed by atoms with E-state index in [0.29, 0.717) is 0 Å². The molecule has 1 aliphatic heterocycles. The maximum atomic E-state index is 12.2. The molecule has 1 aromatic carbocycles. The highest BCUT2D eigenvalue weighted by atomic mass is 32.2. The molecule has 0 atom stereocenters. The normalized spacial score (nSPS) is 15.2. The smallest absolute Gasteiger partial charge is 0.342 e. The Hall–Kier alpha value is -2.66. The molecule has 2 N–H and O–H groups in total. The van der Waals surface area contributed by atoms with Crippen molar-refractivity contribution < 1.29 is 32.3 Å². The molecule has 0 saturated carbocycles. The largest absolute Gasteiger partial charge is 0.483 e. The molecule has 148 valence electrons. The Kier molecular flexibility index (Phi) is 6.75. The average Bonchev–Trinajstić information content (AvgIpc) is 2.63. The van der Waals surface area contributed by atoms with Crippen LogP contribution >= 0.6 is 0 Å². The van der Waals surface area contributed by atoms with Crippen LogP contribution in [-0.4, -0.2) is 81.1 Å². The number of para-hydroxylation sites is 1. The van der Waals surface area contributed by atoms with E-state index in [2.05, 4.69) is 0 Å². The number of carbonyl (C=O) groups is 3. The fraction of sp³-hybridized carbons (Fsp3) is 0.438. The molecule has 0 unspecified atom stereocenters. The predicted octanol–water partition coefficient (Wildman–Crippen LogP) is -1.19. The van der Waals surface area contributed by atoms with Crippen molar-refractivity contribution in [2.75, 3.05) is 45.6 Å². The first-order valence-corrected chi connectivity index (χ1v) is 9.93. The molecule has 10 nitrogen and oxygen atoms in total. The maximum absolute atomic E-state index is 12.2. The minimum absolute atomic E-state index is 0.0634. The van der Waals surface area contributed by atoms with Crippen LogP contribution in [0.1, 0.15) is 10.4 Å². The summed E-state index contributed by atoms with van der Waals surface area (Å²) in [6.45, 7) is -0.0378. The maximum Gasteiger partial charge on any atom is 0.342 e. The summed E-state index contributed by atoms with van der Waals surface area (Å²) in [5, 5.41) is 0. The second-order valence-electron chi connectivity index (χ2n) is 5.87. The molecule has 11 heteroatoms. The highest BCUT2D eigenvalue weighted by Crippen LogP contribution is 2.19. The van der Waals surface area contributed by atoms with Gasteiger partial charge < -0.3 is 20.1 Å².